The quantitative estimate of drug-likeness (QED) is 0.273. The number of nitrogens with zero attached hydrogens (tertiary/aromatic N) is 1. The second-order valence-electron chi connectivity index (χ2n) is 2.92. The second-order valence-corrected chi connectivity index (χ2v) is 2.92. The minimum atomic E-state index is -1.33. The van der Waals surface area contributed by atoms with Crippen molar-refractivity contribution in [2.45, 2.75) is 25.1 Å². The summed E-state index contributed by atoms with van der Waals surface area (Å²) in [6.07, 6.45) is -1.18. The minimum Gasteiger partial charge on any atom is -0.508 e. The van der Waals surface area contributed by atoms with Crippen molar-refractivity contribution in [1.29, 1.82) is 0 Å². The third kappa shape index (κ3) is 4.47. The van der Waals surface area contributed by atoms with Crippen LogP contribution in [0.2, 0.25) is 0 Å². The van der Waals surface area contributed by atoms with Crippen molar-refractivity contribution in [2.75, 3.05) is 6.61 Å². The molecule has 0 amide bonds. The van der Waals surface area contributed by atoms with Crippen LogP contribution in [0.25, 0.3) is 5.53 Å². The number of carboxylic acids is 1. The average Bonchev–Trinajstić information content (AvgIpc) is 2.14. The molecule has 0 heterocycles. The van der Waals surface area contributed by atoms with E-state index in [1.807, 2.05) is 0 Å². The highest BCUT2D eigenvalue weighted by Crippen LogP contribution is 1.92. The number of esters is 1. The van der Waals surface area contributed by atoms with E-state index in [0.717, 1.165) is 0 Å². The predicted octanol–water partition coefficient (Wildman–Crippen LogP) is -3.21. The van der Waals surface area contributed by atoms with Gasteiger partial charge in [-0.3, -0.25) is 4.79 Å². The summed E-state index contributed by atoms with van der Waals surface area (Å²) in [5.41, 5.74) is 13.5. The number of aliphatic carboxylic acids is 1. The van der Waals surface area contributed by atoms with Gasteiger partial charge < -0.3 is 31.3 Å². The topological polar surface area (TPSA) is 146 Å². The predicted molar refractivity (Wildman–Crippen MR) is 46.4 cm³/mol. The summed E-state index contributed by atoms with van der Waals surface area (Å²) in [7, 11) is 0. The Labute approximate surface area is 85.5 Å². The summed E-state index contributed by atoms with van der Waals surface area (Å²) in [5.74, 6) is -2.29. The van der Waals surface area contributed by atoms with Crippen molar-refractivity contribution in [3.05, 3.63) is 5.53 Å². The highest BCUT2D eigenvalue weighted by molar-refractivity contribution is 5.76. The average molecular weight is 219 g/mol. The van der Waals surface area contributed by atoms with E-state index in [1.54, 1.807) is 5.11 Å². The van der Waals surface area contributed by atoms with Gasteiger partial charge in [-0.05, 0) is 6.92 Å². The van der Waals surface area contributed by atoms with E-state index < -0.39 is 36.7 Å². The molecule has 0 aliphatic heterocycles. The highest BCUT2D eigenvalue weighted by atomic mass is 16.5. The van der Waals surface area contributed by atoms with E-state index >= 15 is 0 Å². The number of carbonyl (C=O) groups is 2. The van der Waals surface area contributed by atoms with Crippen LogP contribution in [-0.4, -0.2) is 46.9 Å². The van der Waals surface area contributed by atoms with Crippen LogP contribution < -0.4 is 10.8 Å². The Morgan fingerprint density at radius 1 is 1.60 bits per heavy atom. The fraction of sp³-hybridized carbons (Fsp3) is 0.714. The number of rotatable bonds is 6. The number of nitrogens with one attached hydrogen (secondary N) is 1. The molecule has 8 heteroatoms. The smallest absolute Gasteiger partial charge is 0.377 e. The molecule has 0 bridgehead atoms. The molecule has 0 spiro atoms. The molecule has 1 unspecified atom stereocenters. The van der Waals surface area contributed by atoms with Crippen LogP contribution in [0.3, 0.4) is 0 Å². The second kappa shape index (κ2) is 6.04. The molecule has 86 valence electrons. The SMILES string of the molecule is C[C@H](O)C([NH+]=[N-])C(=O)OC[C@@H](N)C(=O)O. The van der Waals surface area contributed by atoms with Gasteiger partial charge in [0.05, 0.1) is 0 Å². The van der Waals surface area contributed by atoms with Crippen molar-refractivity contribution in [3.63, 3.8) is 0 Å². The number of ether oxygens (including phenoxy) is 1. The van der Waals surface area contributed by atoms with Gasteiger partial charge in [0.2, 0.25) is 0 Å². The van der Waals surface area contributed by atoms with Crippen molar-refractivity contribution in [3.8, 4) is 0 Å². The normalized spacial score (nSPS) is 16.2. The van der Waals surface area contributed by atoms with E-state index in [2.05, 4.69) is 4.74 Å². The molecule has 0 fully saturated rings. The van der Waals surface area contributed by atoms with Crippen LogP contribution in [-0.2, 0) is 14.3 Å². The van der Waals surface area contributed by atoms with Gasteiger partial charge in [-0.15, -0.1) is 0 Å². The molecular weight excluding hydrogens is 206 g/mol. The molecule has 15 heavy (non-hydrogen) atoms. The maximum Gasteiger partial charge on any atom is 0.377 e. The summed E-state index contributed by atoms with van der Waals surface area (Å²) >= 11 is 0. The first-order chi connectivity index (χ1) is 6.90. The van der Waals surface area contributed by atoms with Gasteiger partial charge in [-0.1, -0.05) is 0 Å². The van der Waals surface area contributed by atoms with Gasteiger partial charge in [0.1, 0.15) is 18.8 Å². The van der Waals surface area contributed by atoms with Crippen molar-refractivity contribution in [2.24, 2.45) is 5.73 Å². The number of aliphatic hydroxyl groups is 1. The molecule has 0 radical (unpaired) electrons. The zero-order valence-corrected chi connectivity index (χ0v) is 8.08. The number of aliphatic hydroxyl groups excluding tert-OH is 1. The standard InChI is InChI=1S/C7H13N3O5/c1-3(11)5(10-9)7(14)15-2-4(8)6(12)13/h3-5,10-11H,2,8H2,1H3,(H,12,13)/t3-,4+,5?/m0/s1. The lowest BCUT2D eigenvalue weighted by molar-refractivity contribution is -0.523. The fourth-order valence-electron chi connectivity index (χ4n) is 0.690. The molecule has 0 aliphatic rings. The van der Waals surface area contributed by atoms with E-state index in [1.165, 1.54) is 6.92 Å². The summed E-state index contributed by atoms with van der Waals surface area (Å²) < 4.78 is 4.45. The molecule has 8 nitrogen and oxygen atoms in total. The maximum absolute atomic E-state index is 11.1. The lowest BCUT2D eigenvalue weighted by atomic mass is 10.2. The first kappa shape index (κ1) is 13.5. The summed E-state index contributed by atoms with van der Waals surface area (Å²) in [6, 6.07) is -2.66. The number of hydrogen-bond acceptors (Lipinski definition) is 5. The van der Waals surface area contributed by atoms with E-state index in [4.69, 9.17) is 21.5 Å². The molecule has 0 aromatic rings. The number of carboxylic acid groups (broad SMARTS) is 1. The summed E-state index contributed by atoms with van der Waals surface area (Å²) in [6.45, 7) is 0.728. The van der Waals surface area contributed by atoms with Crippen molar-refractivity contribution in [1.82, 2.24) is 0 Å². The summed E-state index contributed by atoms with van der Waals surface area (Å²) in [5, 5.41) is 18.9. The maximum atomic E-state index is 11.1. The van der Waals surface area contributed by atoms with Crippen molar-refractivity contribution >= 4 is 11.9 Å². The molecular formula is C7H13N3O5. The van der Waals surface area contributed by atoms with Gasteiger partial charge in [0, 0.05) is 0 Å². The number of nitrogens with two attached hydrogens (primary N) is 1. The van der Waals surface area contributed by atoms with E-state index in [9.17, 15) is 9.59 Å². The molecule has 0 saturated heterocycles. The van der Waals surface area contributed by atoms with E-state index in [-0.39, 0.29) is 0 Å². The first-order valence-corrected chi connectivity index (χ1v) is 4.12. The Balaban J connectivity index is 4.13. The first-order valence-electron chi connectivity index (χ1n) is 4.12. The van der Waals surface area contributed by atoms with Gasteiger partial charge in [0.25, 0.3) is 6.04 Å². The van der Waals surface area contributed by atoms with Gasteiger partial charge in [0.15, 0.2) is 0 Å². The zero-order chi connectivity index (χ0) is 12.0. The van der Waals surface area contributed by atoms with Gasteiger partial charge in [-0.2, -0.15) is 0 Å². The van der Waals surface area contributed by atoms with Crippen LogP contribution in [0.5, 0.6) is 0 Å². The molecule has 5 N–H and O–H groups in total. The summed E-state index contributed by atoms with van der Waals surface area (Å²) in [4.78, 5) is 21.3. The molecule has 0 aromatic carbocycles. The lowest BCUT2D eigenvalue weighted by Crippen LogP contribution is -2.78. The monoisotopic (exact) mass is 219 g/mol. The third-order valence-electron chi connectivity index (χ3n) is 1.60. The Morgan fingerprint density at radius 3 is 2.47 bits per heavy atom. The molecule has 3 atom stereocenters. The highest BCUT2D eigenvalue weighted by Gasteiger charge is 2.28. The van der Waals surface area contributed by atoms with Crippen LogP contribution in [0, 0.1) is 0 Å². The molecule has 0 aliphatic carbocycles. The minimum absolute atomic E-state index is 0.529. The molecule has 0 aromatic heterocycles. The number of carbonyl (C=O) groups excluding carboxylic acids is 1. The van der Waals surface area contributed by atoms with Crippen LogP contribution >= 0.6 is 0 Å². The van der Waals surface area contributed by atoms with E-state index in [0.29, 0.717) is 0 Å². The van der Waals surface area contributed by atoms with Crippen LogP contribution in [0.4, 0.5) is 0 Å². The zero-order valence-electron chi connectivity index (χ0n) is 8.08. The largest absolute Gasteiger partial charge is 0.508 e. The van der Waals surface area contributed by atoms with Crippen molar-refractivity contribution < 1.29 is 29.7 Å². The van der Waals surface area contributed by atoms with Crippen LogP contribution in [0.1, 0.15) is 6.92 Å². The Morgan fingerprint density at radius 2 is 2.13 bits per heavy atom. The molecule has 0 saturated carbocycles. The van der Waals surface area contributed by atoms with Gasteiger partial charge >= 0.3 is 11.9 Å². The third-order valence-corrected chi connectivity index (χ3v) is 1.60. The van der Waals surface area contributed by atoms with Gasteiger partial charge in [-0.25, -0.2) is 4.79 Å². The Bertz CT molecular complexity index is 255. The number of hydrogen-bond donors (Lipinski definition) is 4. The van der Waals surface area contributed by atoms with Crippen LogP contribution in [0.15, 0.2) is 0 Å². The molecule has 0 rings (SSSR count). The Kier molecular flexibility index (Phi) is 5.42. The Hall–Kier alpha value is -1.54. The lowest BCUT2D eigenvalue weighted by Gasteiger charge is -2.12. The fourth-order valence-corrected chi connectivity index (χ4v) is 0.690.